The van der Waals surface area contributed by atoms with Crippen LogP contribution in [0.5, 0.6) is 0 Å². The second-order valence-corrected chi connectivity index (χ2v) is 7.58. The van der Waals surface area contributed by atoms with Crippen LogP contribution in [-0.4, -0.2) is 47.4 Å². The molecule has 3 aromatic rings. The van der Waals surface area contributed by atoms with Gasteiger partial charge in [-0.1, -0.05) is 54.6 Å². The fourth-order valence-electron chi connectivity index (χ4n) is 3.30. The minimum Gasteiger partial charge on any atom is -0.480 e. The summed E-state index contributed by atoms with van der Waals surface area (Å²) in [6, 6.07) is 23.2. The molecule has 4 N–H and O–H groups in total. The van der Waals surface area contributed by atoms with Crippen LogP contribution in [0.1, 0.15) is 37.5 Å². The Morgan fingerprint density at radius 2 is 1.03 bits per heavy atom. The maximum absolute atomic E-state index is 12.7. The van der Waals surface area contributed by atoms with Crippen molar-refractivity contribution in [3.63, 3.8) is 0 Å². The molecule has 0 heterocycles. The second-order valence-electron chi connectivity index (χ2n) is 7.58. The normalized spacial score (nSPS) is 12.1. The Hall–Kier alpha value is -4.46. The highest BCUT2D eigenvalue weighted by Gasteiger charge is 2.26. The first kappa shape index (κ1) is 24.2. The Morgan fingerprint density at radius 3 is 1.47 bits per heavy atom. The van der Waals surface area contributed by atoms with E-state index in [1.807, 2.05) is 0 Å². The molecule has 2 atom stereocenters. The first-order chi connectivity index (χ1) is 16.4. The van der Waals surface area contributed by atoms with E-state index in [1.165, 1.54) is 0 Å². The molecule has 0 bridgehead atoms. The molecule has 0 aliphatic heterocycles. The van der Waals surface area contributed by atoms with Crippen molar-refractivity contribution in [2.45, 2.75) is 18.5 Å². The molecule has 0 aliphatic carbocycles. The predicted molar refractivity (Wildman–Crippen MR) is 126 cm³/mol. The zero-order chi connectivity index (χ0) is 24.3. The minimum absolute atomic E-state index is 0.0305. The SMILES string of the molecule is O=C(NC[C@@H](C[C@@H](NC(=O)c1ccccc1)C(=O)O)NC(=O)c1ccccc1)c1ccccc1. The topological polar surface area (TPSA) is 125 Å². The largest absolute Gasteiger partial charge is 0.480 e. The van der Waals surface area contributed by atoms with Crippen LogP contribution in [0.15, 0.2) is 91.0 Å². The third-order valence-electron chi connectivity index (χ3n) is 5.08. The molecule has 0 aromatic heterocycles. The van der Waals surface area contributed by atoms with E-state index in [-0.39, 0.29) is 18.9 Å². The number of hydrogen-bond acceptors (Lipinski definition) is 4. The van der Waals surface area contributed by atoms with Crippen LogP contribution in [-0.2, 0) is 4.79 Å². The summed E-state index contributed by atoms with van der Waals surface area (Å²) in [6.45, 7) is -0.0305. The van der Waals surface area contributed by atoms with E-state index in [2.05, 4.69) is 16.0 Å². The van der Waals surface area contributed by atoms with Gasteiger partial charge in [0, 0.05) is 35.7 Å². The van der Waals surface area contributed by atoms with Crippen molar-refractivity contribution in [1.82, 2.24) is 16.0 Å². The molecule has 0 saturated carbocycles. The molecule has 0 spiro atoms. The lowest BCUT2D eigenvalue weighted by atomic mass is 10.0. The number of hydrogen-bond donors (Lipinski definition) is 4. The van der Waals surface area contributed by atoms with Gasteiger partial charge in [0.25, 0.3) is 17.7 Å². The summed E-state index contributed by atoms with van der Waals surface area (Å²) in [6.07, 6.45) is -0.137. The number of rotatable bonds is 10. The summed E-state index contributed by atoms with van der Waals surface area (Å²) < 4.78 is 0. The smallest absolute Gasteiger partial charge is 0.326 e. The van der Waals surface area contributed by atoms with Crippen LogP contribution < -0.4 is 16.0 Å². The average Bonchev–Trinajstić information content (AvgIpc) is 2.87. The van der Waals surface area contributed by atoms with Crippen LogP contribution in [0.3, 0.4) is 0 Å². The summed E-state index contributed by atoms with van der Waals surface area (Å²) in [5, 5.41) is 17.7. The highest BCUT2D eigenvalue weighted by Crippen LogP contribution is 2.07. The van der Waals surface area contributed by atoms with E-state index in [0.29, 0.717) is 16.7 Å². The summed E-state index contributed by atoms with van der Waals surface area (Å²) in [5.74, 6) is -2.58. The highest BCUT2D eigenvalue weighted by molar-refractivity contribution is 5.97. The third kappa shape index (κ3) is 7.03. The Bertz CT molecular complexity index is 1120. The zero-order valence-corrected chi connectivity index (χ0v) is 18.3. The van der Waals surface area contributed by atoms with E-state index in [9.17, 15) is 24.3 Å². The molecular weight excluding hydrogens is 434 g/mol. The van der Waals surface area contributed by atoms with Crippen molar-refractivity contribution >= 4 is 23.7 Å². The summed E-state index contributed by atoms with van der Waals surface area (Å²) in [5.41, 5.74) is 1.14. The molecule has 3 aromatic carbocycles. The Labute approximate surface area is 197 Å². The van der Waals surface area contributed by atoms with Crippen molar-refractivity contribution in [3.8, 4) is 0 Å². The molecule has 8 nitrogen and oxygen atoms in total. The fourth-order valence-corrected chi connectivity index (χ4v) is 3.30. The number of nitrogens with one attached hydrogen (secondary N) is 3. The van der Waals surface area contributed by atoms with Gasteiger partial charge in [-0.3, -0.25) is 14.4 Å². The molecule has 0 unspecified atom stereocenters. The van der Waals surface area contributed by atoms with Crippen molar-refractivity contribution in [1.29, 1.82) is 0 Å². The average molecular weight is 460 g/mol. The molecule has 174 valence electrons. The lowest BCUT2D eigenvalue weighted by molar-refractivity contribution is -0.139. The number of carbonyl (C=O) groups excluding carboxylic acids is 3. The molecule has 0 saturated heterocycles. The lowest BCUT2D eigenvalue weighted by Crippen LogP contribution is -2.50. The number of carboxylic acids is 1. The maximum atomic E-state index is 12.7. The van der Waals surface area contributed by atoms with Crippen LogP contribution in [0, 0.1) is 0 Å². The molecule has 0 radical (unpaired) electrons. The van der Waals surface area contributed by atoms with E-state index in [1.54, 1.807) is 91.0 Å². The van der Waals surface area contributed by atoms with Crippen molar-refractivity contribution in [3.05, 3.63) is 108 Å². The molecule has 34 heavy (non-hydrogen) atoms. The Kier molecular flexibility index (Phi) is 8.51. The number of aliphatic carboxylic acids is 1. The molecular formula is C26H25N3O5. The quantitative estimate of drug-likeness (QED) is 0.371. The highest BCUT2D eigenvalue weighted by atomic mass is 16.4. The zero-order valence-electron chi connectivity index (χ0n) is 18.3. The summed E-state index contributed by atoms with van der Waals surface area (Å²) in [7, 11) is 0. The molecule has 0 fully saturated rings. The van der Waals surface area contributed by atoms with Gasteiger partial charge in [-0.25, -0.2) is 4.79 Å². The number of carbonyl (C=O) groups is 4. The van der Waals surface area contributed by atoms with Gasteiger partial charge in [-0.05, 0) is 36.4 Å². The number of benzene rings is 3. The molecule has 8 heteroatoms. The second kappa shape index (κ2) is 12.0. The lowest BCUT2D eigenvalue weighted by Gasteiger charge is -2.23. The van der Waals surface area contributed by atoms with Crippen molar-refractivity contribution in [2.24, 2.45) is 0 Å². The first-order valence-electron chi connectivity index (χ1n) is 10.7. The minimum atomic E-state index is -1.29. The van der Waals surface area contributed by atoms with E-state index >= 15 is 0 Å². The van der Waals surface area contributed by atoms with E-state index in [4.69, 9.17) is 0 Å². The van der Waals surface area contributed by atoms with Gasteiger partial charge in [0.1, 0.15) is 6.04 Å². The number of amides is 3. The molecule has 0 aliphatic rings. The van der Waals surface area contributed by atoms with Gasteiger partial charge in [0.2, 0.25) is 0 Å². The number of carboxylic acid groups (broad SMARTS) is 1. The third-order valence-corrected chi connectivity index (χ3v) is 5.08. The monoisotopic (exact) mass is 459 g/mol. The molecule has 3 rings (SSSR count). The summed E-state index contributed by atoms with van der Waals surface area (Å²) >= 11 is 0. The first-order valence-corrected chi connectivity index (χ1v) is 10.7. The van der Waals surface area contributed by atoms with Crippen LogP contribution in [0.25, 0.3) is 0 Å². The predicted octanol–water partition coefficient (Wildman–Crippen LogP) is 2.49. The van der Waals surface area contributed by atoms with Gasteiger partial charge < -0.3 is 21.1 Å². The van der Waals surface area contributed by atoms with Gasteiger partial charge in [-0.2, -0.15) is 0 Å². The Balaban J connectivity index is 1.73. The van der Waals surface area contributed by atoms with Crippen LogP contribution in [0.4, 0.5) is 0 Å². The van der Waals surface area contributed by atoms with Crippen LogP contribution in [0.2, 0.25) is 0 Å². The van der Waals surface area contributed by atoms with Gasteiger partial charge in [0.15, 0.2) is 0 Å². The van der Waals surface area contributed by atoms with Crippen LogP contribution >= 0.6 is 0 Å². The van der Waals surface area contributed by atoms with Gasteiger partial charge >= 0.3 is 5.97 Å². The fraction of sp³-hybridized carbons (Fsp3) is 0.154. The standard InChI is InChI=1S/C26H25N3O5/c30-23(18-10-4-1-5-11-18)27-17-21(28-24(31)19-12-6-2-7-13-19)16-22(26(33)34)29-25(32)20-14-8-3-9-15-20/h1-15,21-22H,16-17H2,(H,27,30)(H,28,31)(H,29,32)(H,33,34)/t21-,22-/m1/s1. The van der Waals surface area contributed by atoms with Gasteiger partial charge in [0.05, 0.1) is 0 Å². The summed E-state index contributed by atoms with van der Waals surface area (Å²) in [4.78, 5) is 49.6. The van der Waals surface area contributed by atoms with Crippen molar-refractivity contribution < 1.29 is 24.3 Å². The maximum Gasteiger partial charge on any atom is 0.326 e. The van der Waals surface area contributed by atoms with E-state index < -0.39 is 29.9 Å². The molecule has 3 amide bonds. The van der Waals surface area contributed by atoms with E-state index in [0.717, 1.165) is 0 Å². The Morgan fingerprint density at radius 1 is 0.618 bits per heavy atom. The van der Waals surface area contributed by atoms with Gasteiger partial charge in [-0.15, -0.1) is 0 Å². The van der Waals surface area contributed by atoms with Crippen molar-refractivity contribution in [2.75, 3.05) is 6.54 Å².